The third-order valence-corrected chi connectivity index (χ3v) is 5.56. The van der Waals surface area contributed by atoms with E-state index in [2.05, 4.69) is 16.4 Å². The summed E-state index contributed by atoms with van der Waals surface area (Å²) < 4.78 is 0. The van der Waals surface area contributed by atoms with Gasteiger partial charge in [0.2, 0.25) is 11.8 Å². The van der Waals surface area contributed by atoms with Crippen molar-refractivity contribution in [3.05, 3.63) is 77.3 Å². The Labute approximate surface area is 167 Å². The lowest BCUT2D eigenvalue weighted by Crippen LogP contribution is -2.42. The van der Waals surface area contributed by atoms with E-state index in [4.69, 9.17) is 0 Å². The highest BCUT2D eigenvalue weighted by Gasteiger charge is 2.25. The molecule has 2 heterocycles. The van der Waals surface area contributed by atoms with Gasteiger partial charge in [0.1, 0.15) is 6.54 Å². The average molecular weight is 391 g/mol. The van der Waals surface area contributed by atoms with E-state index in [1.54, 1.807) is 4.90 Å². The number of fused-ring (bicyclic) bond motifs is 1. The molecule has 0 saturated carbocycles. The molecule has 28 heavy (non-hydrogen) atoms. The molecule has 1 aliphatic heterocycles. The summed E-state index contributed by atoms with van der Waals surface area (Å²) in [5.74, 6) is 0.166. The Bertz CT molecular complexity index is 1030. The van der Waals surface area contributed by atoms with Gasteiger partial charge in [-0.3, -0.25) is 9.59 Å². The quantitative estimate of drug-likeness (QED) is 0.677. The minimum atomic E-state index is -0.151. The van der Waals surface area contributed by atoms with E-state index in [9.17, 15) is 9.59 Å². The van der Waals surface area contributed by atoms with Crippen molar-refractivity contribution in [1.29, 1.82) is 0 Å². The van der Waals surface area contributed by atoms with Crippen LogP contribution in [0.4, 0.5) is 0 Å². The molecule has 0 radical (unpaired) electrons. The molecule has 0 fully saturated rings. The first-order chi connectivity index (χ1) is 13.7. The van der Waals surface area contributed by atoms with Gasteiger partial charge in [-0.2, -0.15) is 0 Å². The van der Waals surface area contributed by atoms with Crippen molar-refractivity contribution in [3.63, 3.8) is 0 Å². The molecule has 142 valence electrons. The molecule has 4 rings (SSSR count). The number of nitrogens with zero attached hydrogens (tertiary/aromatic N) is 1. The highest BCUT2D eigenvalue weighted by molar-refractivity contribution is 8.03. The summed E-state index contributed by atoms with van der Waals surface area (Å²) in [7, 11) is 0. The second kappa shape index (κ2) is 8.35. The SMILES string of the molecule is O=C(CN1C(=O)CSC=C1c1ccccc1)NCCc1c[nH]c2ccccc12. The standard InChI is InChI=1S/C22H21N3O2S/c26-21(23-11-10-17-12-24-19-9-5-4-8-18(17)19)13-25-20(14-28-15-22(25)27)16-6-2-1-3-7-16/h1-9,12,14,24H,10-11,13,15H2,(H,23,26). The number of thioether (sulfide) groups is 1. The monoisotopic (exact) mass is 391 g/mol. The first-order valence-electron chi connectivity index (χ1n) is 9.21. The fourth-order valence-corrected chi connectivity index (χ4v) is 4.15. The Balaban J connectivity index is 1.37. The summed E-state index contributed by atoms with van der Waals surface area (Å²) in [6.07, 6.45) is 2.72. The van der Waals surface area contributed by atoms with Crippen molar-refractivity contribution in [2.45, 2.75) is 6.42 Å². The van der Waals surface area contributed by atoms with Crippen molar-refractivity contribution in [2.75, 3.05) is 18.8 Å². The van der Waals surface area contributed by atoms with Gasteiger partial charge >= 0.3 is 0 Å². The molecule has 2 N–H and O–H groups in total. The Hall–Kier alpha value is -2.99. The smallest absolute Gasteiger partial charge is 0.240 e. The number of carbonyl (C=O) groups excluding carboxylic acids is 2. The van der Waals surface area contributed by atoms with Crippen molar-refractivity contribution >= 4 is 40.2 Å². The number of hydrogen-bond donors (Lipinski definition) is 2. The summed E-state index contributed by atoms with van der Waals surface area (Å²) in [5.41, 5.74) is 3.99. The van der Waals surface area contributed by atoms with Crippen LogP contribution in [0, 0.1) is 0 Å². The van der Waals surface area contributed by atoms with E-state index >= 15 is 0 Å². The fourth-order valence-electron chi connectivity index (χ4n) is 3.35. The normalized spacial score (nSPS) is 14.2. The molecule has 1 aromatic heterocycles. The highest BCUT2D eigenvalue weighted by atomic mass is 32.2. The fraction of sp³-hybridized carbons (Fsp3) is 0.182. The van der Waals surface area contributed by atoms with Crippen LogP contribution in [-0.2, 0) is 16.0 Å². The van der Waals surface area contributed by atoms with E-state index in [0.717, 1.165) is 23.2 Å². The number of para-hydroxylation sites is 1. The van der Waals surface area contributed by atoms with Crippen LogP contribution in [0.2, 0.25) is 0 Å². The van der Waals surface area contributed by atoms with E-state index in [-0.39, 0.29) is 18.4 Å². The van der Waals surface area contributed by atoms with Gasteiger partial charge in [-0.25, -0.2) is 0 Å². The van der Waals surface area contributed by atoms with Crippen LogP contribution in [0.3, 0.4) is 0 Å². The van der Waals surface area contributed by atoms with Gasteiger partial charge in [-0.05, 0) is 29.0 Å². The molecule has 6 heteroatoms. The molecule has 0 saturated heterocycles. The maximum atomic E-state index is 12.5. The number of carbonyl (C=O) groups is 2. The second-order valence-electron chi connectivity index (χ2n) is 6.62. The molecule has 2 aromatic carbocycles. The van der Waals surface area contributed by atoms with Crippen LogP contribution in [0.15, 0.2) is 66.2 Å². The summed E-state index contributed by atoms with van der Waals surface area (Å²) in [6, 6.07) is 17.8. The van der Waals surface area contributed by atoms with Gasteiger partial charge in [0.15, 0.2) is 0 Å². The molecule has 0 unspecified atom stereocenters. The van der Waals surface area contributed by atoms with Gasteiger partial charge in [-0.1, -0.05) is 48.5 Å². The summed E-state index contributed by atoms with van der Waals surface area (Å²) >= 11 is 1.47. The number of hydrogen-bond acceptors (Lipinski definition) is 3. The summed E-state index contributed by atoms with van der Waals surface area (Å²) in [6.45, 7) is 0.565. The maximum Gasteiger partial charge on any atom is 0.240 e. The largest absolute Gasteiger partial charge is 0.361 e. The van der Waals surface area contributed by atoms with Crippen LogP contribution in [0.5, 0.6) is 0 Å². The Kier molecular flexibility index (Phi) is 5.48. The summed E-state index contributed by atoms with van der Waals surface area (Å²) in [5, 5.41) is 6.07. The lowest BCUT2D eigenvalue weighted by Gasteiger charge is -2.28. The van der Waals surface area contributed by atoms with Crippen LogP contribution < -0.4 is 5.32 Å². The zero-order chi connectivity index (χ0) is 19.3. The number of amides is 2. The minimum absolute atomic E-state index is 0.0357. The predicted octanol–water partition coefficient (Wildman–Crippen LogP) is 3.40. The van der Waals surface area contributed by atoms with Gasteiger partial charge < -0.3 is 15.2 Å². The maximum absolute atomic E-state index is 12.5. The number of aromatic nitrogens is 1. The van der Waals surface area contributed by atoms with Crippen molar-refractivity contribution in [3.8, 4) is 0 Å². The number of H-pyrrole nitrogens is 1. The Morgan fingerprint density at radius 2 is 1.89 bits per heavy atom. The van der Waals surface area contributed by atoms with Crippen LogP contribution in [0.25, 0.3) is 16.6 Å². The Morgan fingerprint density at radius 3 is 2.75 bits per heavy atom. The molecule has 0 spiro atoms. The number of benzene rings is 2. The lowest BCUT2D eigenvalue weighted by molar-refractivity contribution is -0.131. The first kappa shape index (κ1) is 18.4. The molecule has 5 nitrogen and oxygen atoms in total. The van der Waals surface area contributed by atoms with Gasteiger partial charge in [0.25, 0.3) is 0 Å². The Morgan fingerprint density at radius 1 is 1.11 bits per heavy atom. The average Bonchev–Trinajstić information content (AvgIpc) is 3.13. The van der Waals surface area contributed by atoms with E-state index in [0.29, 0.717) is 12.3 Å². The molecule has 0 aliphatic carbocycles. The third kappa shape index (κ3) is 3.97. The van der Waals surface area contributed by atoms with Crippen molar-refractivity contribution < 1.29 is 9.59 Å². The van der Waals surface area contributed by atoms with Gasteiger partial charge in [0, 0.05) is 23.6 Å². The molecular weight excluding hydrogens is 370 g/mol. The van der Waals surface area contributed by atoms with Gasteiger partial charge in [0.05, 0.1) is 11.4 Å². The van der Waals surface area contributed by atoms with E-state index in [1.807, 2.05) is 60.1 Å². The van der Waals surface area contributed by atoms with Crippen molar-refractivity contribution in [1.82, 2.24) is 15.2 Å². The molecule has 0 atom stereocenters. The van der Waals surface area contributed by atoms with Crippen LogP contribution in [-0.4, -0.2) is 40.5 Å². The summed E-state index contributed by atoms with van der Waals surface area (Å²) in [4.78, 5) is 29.7. The topological polar surface area (TPSA) is 65.2 Å². The molecular formula is C22H21N3O2S. The van der Waals surface area contributed by atoms with Crippen LogP contribution in [0.1, 0.15) is 11.1 Å². The minimum Gasteiger partial charge on any atom is -0.361 e. The lowest BCUT2D eigenvalue weighted by atomic mass is 10.1. The highest BCUT2D eigenvalue weighted by Crippen LogP contribution is 2.27. The number of nitrogens with one attached hydrogen (secondary N) is 2. The van der Waals surface area contributed by atoms with E-state index < -0.39 is 0 Å². The number of aromatic amines is 1. The second-order valence-corrected chi connectivity index (χ2v) is 7.48. The molecule has 1 aliphatic rings. The van der Waals surface area contributed by atoms with Gasteiger partial charge in [-0.15, -0.1) is 11.8 Å². The first-order valence-corrected chi connectivity index (χ1v) is 10.3. The zero-order valence-corrected chi connectivity index (χ0v) is 16.2. The predicted molar refractivity (Wildman–Crippen MR) is 114 cm³/mol. The van der Waals surface area contributed by atoms with Crippen molar-refractivity contribution in [2.24, 2.45) is 0 Å². The molecule has 0 bridgehead atoms. The number of rotatable bonds is 6. The zero-order valence-electron chi connectivity index (χ0n) is 15.4. The molecule has 3 aromatic rings. The van der Waals surface area contributed by atoms with E-state index in [1.165, 1.54) is 22.7 Å². The van der Waals surface area contributed by atoms with Crippen LogP contribution >= 0.6 is 11.8 Å². The third-order valence-electron chi connectivity index (χ3n) is 4.76. The molecule has 2 amide bonds.